The maximum Gasteiger partial charge on any atom is 0.312 e. The molecule has 6 heteroatoms. The minimum Gasteiger partial charge on any atom is -0.481 e. The lowest BCUT2D eigenvalue weighted by Crippen LogP contribution is -2.15. The summed E-state index contributed by atoms with van der Waals surface area (Å²) in [6.45, 7) is 0. The monoisotopic (exact) mass is 341 g/mol. The summed E-state index contributed by atoms with van der Waals surface area (Å²) >= 11 is 6.20. The molecule has 4 N–H and O–H groups in total. The first-order chi connectivity index (χ1) is 11.5. The smallest absolute Gasteiger partial charge is 0.312 e. The summed E-state index contributed by atoms with van der Waals surface area (Å²) in [4.78, 5) is 19.0. The molecule has 24 heavy (non-hydrogen) atoms. The molecule has 3 rings (SSSR count). The first-order valence-electron chi connectivity index (χ1n) is 7.42. The number of hydrogen-bond donors (Lipinski definition) is 3. The number of aromatic amines is 1. The van der Waals surface area contributed by atoms with Crippen LogP contribution in [0.3, 0.4) is 0 Å². The molecule has 0 aliphatic heterocycles. The maximum atomic E-state index is 11.7. The highest BCUT2D eigenvalue weighted by molar-refractivity contribution is 6.30. The van der Waals surface area contributed by atoms with E-state index in [1.165, 1.54) is 0 Å². The summed E-state index contributed by atoms with van der Waals surface area (Å²) in [5.74, 6) is -1.22. The lowest BCUT2D eigenvalue weighted by Gasteiger charge is -2.11. The molecule has 2 aromatic carbocycles. The number of halogens is 1. The van der Waals surface area contributed by atoms with Crippen LogP contribution in [0.15, 0.2) is 54.6 Å². The number of nitrogens with one attached hydrogen (secondary N) is 1. The zero-order valence-corrected chi connectivity index (χ0v) is 13.5. The molecule has 0 radical (unpaired) electrons. The maximum absolute atomic E-state index is 11.7. The molecule has 0 saturated carbocycles. The van der Waals surface area contributed by atoms with Crippen LogP contribution >= 0.6 is 11.6 Å². The van der Waals surface area contributed by atoms with Gasteiger partial charge in [0, 0.05) is 11.3 Å². The molecule has 1 heterocycles. The van der Waals surface area contributed by atoms with Gasteiger partial charge in [-0.3, -0.25) is 4.79 Å². The molecule has 1 unspecified atom stereocenters. The van der Waals surface area contributed by atoms with Crippen LogP contribution in [0.2, 0.25) is 5.15 Å². The Kier molecular flexibility index (Phi) is 4.53. The van der Waals surface area contributed by atoms with Gasteiger partial charge in [-0.05, 0) is 36.2 Å². The molecule has 1 atom stereocenters. The topological polar surface area (TPSA) is 92.0 Å². The summed E-state index contributed by atoms with van der Waals surface area (Å²) < 4.78 is 0. The number of rotatable bonds is 5. The molecule has 1 aromatic heterocycles. The molecular formula is C18H16ClN3O2. The molecular weight excluding hydrogens is 326 g/mol. The number of carboxylic acid groups (broad SMARTS) is 1. The lowest BCUT2D eigenvalue weighted by atomic mass is 9.97. The second kappa shape index (κ2) is 6.76. The molecule has 5 nitrogen and oxygen atoms in total. The number of nitrogen functional groups attached to an aromatic ring is 1. The van der Waals surface area contributed by atoms with Crippen molar-refractivity contribution in [1.82, 2.24) is 9.97 Å². The Morgan fingerprint density at radius 1 is 1.17 bits per heavy atom. The van der Waals surface area contributed by atoms with Crippen molar-refractivity contribution in [3.8, 4) is 11.4 Å². The highest BCUT2D eigenvalue weighted by Crippen LogP contribution is 2.29. The third kappa shape index (κ3) is 3.41. The van der Waals surface area contributed by atoms with Crippen molar-refractivity contribution < 1.29 is 9.90 Å². The van der Waals surface area contributed by atoms with Crippen molar-refractivity contribution in [2.24, 2.45) is 0 Å². The van der Waals surface area contributed by atoms with Gasteiger partial charge in [-0.1, -0.05) is 41.9 Å². The van der Waals surface area contributed by atoms with Crippen LogP contribution in [-0.2, 0) is 11.2 Å². The number of nitrogens with zero attached hydrogens (tertiary/aromatic N) is 1. The number of anilines is 1. The van der Waals surface area contributed by atoms with Crippen LogP contribution in [0.4, 0.5) is 5.69 Å². The summed E-state index contributed by atoms with van der Waals surface area (Å²) in [7, 11) is 0. The van der Waals surface area contributed by atoms with E-state index < -0.39 is 11.9 Å². The third-order valence-electron chi connectivity index (χ3n) is 3.80. The summed E-state index contributed by atoms with van der Waals surface area (Å²) in [5, 5.41) is 9.78. The Bertz CT molecular complexity index is 844. The number of H-pyrrole nitrogens is 1. The van der Waals surface area contributed by atoms with E-state index in [0.717, 1.165) is 11.1 Å². The molecule has 0 bridgehead atoms. The minimum absolute atomic E-state index is 0.171. The van der Waals surface area contributed by atoms with Crippen LogP contribution in [0, 0.1) is 0 Å². The van der Waals surface area contributed by atoms with E-state index in [0.29, 0.717) is 23.6 Å². The van der Waals surface area contributed by atoms with E-state index >= 15 is 0 Å². The summed E-state index contributed by atoms with van der Waals surface area (Å²) in [6, 6.07) is 16.5. The normalized spacial score (nSPS) is 12.0. The number of imidazole rings is 1. The molecule has 0 aliphatic carbocycles. The number of carboxylic acids is 1. The SMILES string of the molecule is Nc1ccc(-c2nc(Cl)c(C(Cc3ccccc3)C(=O)O)[nH]2)cc1. The predicted molar refractivity (Wildman–Crippen MR) is 94.0 cm³/mol. The highest BCUT2D eigenvalue weighted by Gasteiger charge is 2.26. The Labute approximate surface area is 144 Å². The van der Waals surface area contributed by atoms with Gasteiger partial charge in [-0.2, -0.15) is 0 Å². The Morgan fingerprint density at radius 2 is 1.83 bits per heavy atom. The molecule has 0 saturated heterocycles. The number of hydrogen-bond acceptors (Lipinski definition) is 3. The first kappa shape index (κ1) is 16.1. The van der Waals surface area contributed by atoms with E-state index in [-0.39, 0.29) is 5.15 Å². The second-order valence-electron chi connectivity index (χ2n) is 5.49. The van der Waals surface area contributed by atoms with Gasteiger partial charge in [-0.15, -0.1) is 0 Å². The van der Waals surface area contributed by atoms with Crippen LogP contribution in [-0.4, -0.2) is 21.0 Å². The average molecular weight is 342 g/mol. The number of nitrogens with two attached hydrogens (primary N) is 1. The van der Waals surface area contributed by atoms with E-state index in [9.17, 15) is 9.90 Å². The van der Waals surface area contributed by atoms with Gasteiger partial charge in [0.1, 0.15) is 11.7 Å². The van der Waals surface area contributed by atoms with Gasteiger partial charge < -0.3 is 15.8 Å². The third-order valence-corrected chi connectivity index (χ3v) is 4.09. The number of aliphatic carboxylic acids is 1. The molecule has 0 fully saturated rings. The zero-order valence-electron chi connectivity index (χ0n) is 12.7. The van der Waals surface area contributed by atoms with Crippen molar-refractivity contribution in [3.05, 3.63) is 71.0 Å². The Balaban J connectivity index is 1.94. The van der Waals surface area contributed by atoms with Crippen molar-refractivity contribution in [3.63, 3.8) is 0 Å². The summed E-state index contributed by atoms with van der Waals surface area (Å²) in [6.07, 6.45) is 0.333. The zero-order chi connectivity index (χ0) is 17.1. The van der Waals surface area contributed by atoms with Crippen LogP contribution in [0.5, 0.6) is 0 Å². The van der Waals surface area contributed by atoms with E-state index in [4.69, 9.17) is 17.3 Å². The fourth-order valence-electron chi connectivity index (χ4n) is 2.54. The Hall–Kier alpha value is -2.79. The van der Waals surface area contributed by atoms with Gasteiger partial charge >= 0.3 is 5.97 Å². The van der Waals surface area contributed by atoms with E-state index in [1.807, 2.05) is 30.3 Å². The number of benzene rings is 2. The van der Waals surface area contributed by atoms with Crippen molar-refractivity contribution in [2.75, 3.05) is 5.73 Å². The first-order valence-corrected chi connectivity index (χ1v) is 7.80. The molecule has 0 aliphatic rings. The van der Waals surface area contributed by atoms with Crippen molar-refractivity contribution in [2.45, 2.75) is 12.3 Å². The molecule has 3 aromatic rings. The largest absolute Gasteiger partial charge is 0.481 e. The summed E-state index contributed by atoms with van der Waals surface area (Å²) in [5.41, 5.74) is 8.44. The van der Waals surface area contributed by atoms with Crippen molar-refractivity contribution in [1.29, 1.82) is 0 Å². The van der Waals surface area contributed by atoms with Crippen LogP contribution in [0.25, 0.3) is 11.4 Å². The number of carbonyl (C=O) groups is 1. The van der Waals surface area contributed by atoms with E-state index in [1.54, 1.807) is 24.3 Å². The molecule has 0 amide bonds. The predicted octanol–water partition coefficient (Wildman–Crippen LogP) is 3.72. The van der Waals surface area contributed by atoms with E-state index in [2.05, 4.69) is 9.97 Å². The number of aromatic nitrogens is 2. The fraction of sp³-hybridized carbons (Fsp3) is 0.111. The lowest BCUT2D eigenvalue weighted by molar-refractivity contribution is -0.138. The van der Waals surface area contributed by atoms with Crippen LogP contribution in [0.1, 0.15) is 17.2 Å². The highest BCUT2D eigenvalue weighted by atomic mass is 35.5. The van der Waals surface area contributed by atoms with Gasteiger partial charge in [-0.25, -0.2) is 4.98 Å². The average Bonchev–Trinajstić information content (AvgIpc) is 2.95. The van der Waals surface area contributed by atoms with Gasteiger partial charge in [0.2, 0.25) is 0 Å². The fourth-order valence-corrected chi connectivity index (χ4v) is 2.80. The standard InChI is InChI=1S/C18H16ClN3O2/c19-16-15(14(18(23)24)10-11-4-2-1-3-5-11)21-17(22-16)12-6-8-13(20)9-7-12/h1-9,14H,10,20H2,(H,21,22)(H,23,24). The Morgan fingerprint density at radius 3 is 2.46 bits per heavy atom. The minimum atomic E-state index is -0.951. The quantitative estimate of drug-likeness (QED) is 0.617. The van der Waals surface area contributed by atoms with Gasteiger partial charge in [0.05, 0.1) is 5.69 Å². The van der Waals surface area contributed by atoms with Crippen molar-refractivity contribution >= 4 is 23.3 Å². The van der Waals surface area contributed by atoms with Gasteiger partial charge in [0.15, 0.2) is 5.15 Å². The second-order valence-corrected chi connectivity index (χ2v) is 5.85. The molecule has 122 valence electrons. The van der Waals surface area contributed by atoms with Crippen LogP contribution < -0.4 is 5.73 Å². The molecule has 0 spiro atoms. The van der Waals surface area contributed by atoms with Gasteiger partial charge in [0.25, 0.3) is 0 Å².